The molecule has 0 aliphatic carbocycles. The highest BCUT2D eigenvalue weighted by molar-refractivity contribution is 5.95. The zero-order valence-electron chi connectivity index (χ0n) is 11.2. The summed E-state index contributed by atoms with van der Waals surface area (Å²) in [6.45, 7) is 4.76. The summed E-state index contributed by atoms with van der Waals surface area (Å²) in [5.41, 5.74) is 2.05. The minimum absolute atomic E-state index is 0. The predicted molar refractivity (Wildman–Crippen MR) is 78.8 cm³/mol. The summed E-state index contributed by atoms with van der Waals surface area (Å²) in [7, 11) is 0. The number of carbonyl (C=O) groups is 1. The molecule has 0 radical (unpaired) electrons. The summed E-state index contributed by atoms with van der Waals surface area (Å²) in [4.78, 5) is 11.9. The van der Waals surface area contributed by atoms with Crippen LogP contribution in [0.25, 0.3) is 0 Å². The Hall–Kier alpha value is -1.10. The van der Waals surface area contributed by atoms with Crippen LogP contribution in [0.3, 0.4) is 0 Å². The van der Waals surface area contributed by atoms with Gasteiger partial charge in [-0.2, -0.15) is 0 Å². The van der Waals surface area contributed by atoms with Crippen LogP contribution in [0, 0.1) is 0 Å². The van der Waals surface area contributed by atoms with Crippen molar-refractivity contribution in [3.8, 4) is 0 Å². The molecule has 1 aliphatic heterocycles. The Morgan fingerprint density at radius 3 is 2.47 bits per heavy atom. The Morgan fingerprint density at radius 2 is 2.00 bits per heavy atom. The summed E-state index contributed by atoms with van der Waals surface area (Å²) in [5, 5.41) is 15.2. The fraction of sp³-hybridized carbons (Fsp3) is 0.500. The molecule has 2 unspecified atom stereocenters. The van der Waals surface area contributed by atoms with Gasteiger partial charge in [-0.1, -0.05) is 26.0 Å². The van der Waals surface area contributed by atoms with Crippen LogP contribution in [0.5, 0.6) is 0 Å². The number of nitrogens with one attached hydrogen (secondary N) is 2. The van der Waals surface area contributed by atoms with Gasteiger partial charge in [-0.05, 0) is 30.0 Å². The molecule has 1 amide bonds. The molecule has 1 aromatic carbocycles. The third kappa shape index (κ3) is 4.20. The van der Waals surface area contributed by atoms with E-state index in [1.807, 2.05) is 24.3 Å². The molecule has 1 heterocycles. The molecule has 0 spiro atoms. The van der Waals surface area contributed by atoms with Gasteiger partial charge in [-0.3, -0.25) is 4.79 Å². The van der Waals surface area contributed by atoms with Crippen LogP contribution < -0.4 is 10.6 Å². The molecule has 106 valence electrons. The standard InChI is InChI=1S/C14H20N2O2.ClH/c1-9(2)10-3-5-11(6-4-10)16-14(18)13-7-12(17)8-15-13;/h3-6,9,12-13,15,17H,7-8H2,1-2H3,(H,16,18);1H. The van der Waals surface area contributed by atoms with Gasteiger partial charge in [0.25, 0.3) is 0 Å². The third-order valence-electron chi connectivity index (χ3n) is 3.27. The van der Waals surface area contributed by atoms with Crippen molar-refractivity contribution in [2.45, 2.75) is 38.3 Å². The van der Waals surface area contributed by atoms with Crippen LogP contribution in [-0.4, -0.2) is 29.7 Å². The zero-order valence-corrected chi connectivity index (χ0v) is 12.0. The van der Waals surface area contributed by atoms with Crippen LogP contribution >= 0.6 is 12.4 Å². The molecule has 2 rings (SSSR count). The van der Waals surface area contributed by atoms with Crippen molar-refractivity contribution in [1.29, 1.82) is 0 Å². The van der Waals surface area contributed by atoms with E-state index in [2.05, 4.69) is 24.5 Å². The molecular formula is C14H21ClN2O2. The number of halogens is 1. The average Bonchev–Trinajstić information content (AvgIpc) is 2.76. The maximum Gasteiger partial charge on any atom is 0.241 e. The smallest absolute Gasteiger partial charge is 0.241 e. The van der Waals surface area contributed by atoms with Gasteiger partial charge in [0.15, 0.2) is 0 Å². The highest BCUT2D eigenvalue weighted by atomic mass is 35.5. The Morgan fingerprint density at radius 1 is 1.37 bits per heavy atom. The van der Waals surface area contributed by atoms with Gasteiger partial charge in [0, 0.05) is 12.2 Å². The minimum atomic E-state index is -0.413. The van der Waals surface area contributed by atoms with Gasteiger partial charge in [0.2, 0.25) is 5.91 Å². The van der Waals surface area contributed by atoms with Crippen LogP contribution in [0.2, 0.25) is 0 Å². The lowest BCUT2D eigenvalue weighted by Gasteiger charge is -2.12. The molecule has 0 aromatic heterocycles. The topological polar surface area (TPSA) is 61.4 Å². The SMILES string of the molecule is CC(C)c1ccc(NC(=O)C2CC(O)CN2)cc1.Cl. The zero-order chi connectivity index (χ0) is 13.1. The van der Waals surface area contributed by atoms with Crippen molar-refractivity contribution >= 4 is 24.0 Å². The number of aliphatic hydroxyl groups is 1. The molecule has 2 atom stereocenters. The summed E-state index contributed by atoms with van der Waals surface area (Å²) in [5.74, 6) is 0.408. The summed E-state index contributed by atoms with van der Waals surface area (Å²) < 4.78 is 0. The van der Waals surface area contributed by atoms with E-state index >= 15 is 0 Å². The van der Waals surface area contributed by atoms with Crippen molar-refractivity contribution < 1.29 is 9.90 Å². The van der Waals surface area contributed by atoms with Crippen molar-refractivity contribution in [3.05, 3.63) is 29.8 Å². The van der Waals surface area contributed by atoms with E-state index in [9.17, 15) is 9.90 Å². The highest BCUT2D eigenvalue weighted by Gasteiger charge is 2.27. The lowest BCUT2D eigenvalue weighted by Crippen LogP contribution is -2.35. The summed E-state index contributed by atoms with van der Waals surface area (Å²) >= 11 is 0. The van der Waals surface area contributed by atoms with Crippen LogP contribution in [0.15, 0.2) is 24.3 Å². The maximum atomic E-state index is 11.9. The first-order valence-electron chi connectivity index (χ1n) is 6.38. The van der Waals surface area contributed by atoms with Crippen molar-refractivity contribution in [2.75, 3.05) is 11.9 Å². The second-order valence-corrected chi connectivity index (χ2v) is 5.12. The molecule has 1 saturated heterocycles. The van der Waals surface area contributed by atoms with Crippen molar-refractivity contribution in [1.82, 2.24) is 5.32 Å². The Bertz CT molecular complexity index is 420. The number of amides is 1. The molecule has 0 saturated carbocycles. The van der Waals surface area contributed by atoms with Crippen LogP contribution in [0.1, 0.15) is 31.7 Å². The second kappa shape index (κ2) is 6.89. The molecular weight excluding hydrogens is 264 g/mol. The molecule has 1 fully saturated rings. The first kappa shape index (κ1) is 16.0. The van der Waals surface area contributed by atoms with E-state index in [0.29, 0.717) is 18.9 Å². The van der Waals surface area contributed by atoms with E-state index in [1.165, 1.54) is 5.56 Å². The van der Waals surface area contributed by atoms with Gasteiger partial charge in [0.05, 0.1) is 12.1 Å². The van der Waals surface area contributed by atoms with E-state index in [1.54, 1.807) is 0 Å². The first-order valence-corrected chi connectivity index (χ1v) is 6.38. The van der Waals surface area contributed by atoms with Gasteiger partial charge in [0.1, 0.15) is 0 Å². The number of rotatable bonds is 3. The number of hydrogen-bond donors (Lipinski definition) is 3. The second-order valence-electron chi connectivity index (χ2n) is 5.12. The molecule has 0 bridgehead atoms. The largest absolute Gasteiger partial charge is 0.392 e. The first-order chi connectivity index (χ1) is 8.56. The normalized spacial score (nSPS) is 22.1. The summed E-state index contributed by atoms with van der Waals surface area (Å²) in [6, 6.07) is 7.59. The van der Waals surface area contributed by atoms with E-state index in [0.717, 1.165) is 5.69 Å². The summed E-state index contributed by atoms with van der Waals surface area (Å²) in [6.07, 6.45) is 0.0692. The van der Waals surface area contributed by atoms with E-state index < -0.39 is 6.10 Å². The number of hydrogen-bond acceptors (Lipinski definition) is 3. The van der Waals surface area contributed by atoms with E-state index in [4.69, 9.17) is 0 Å². The quantitative estimate of drug-likeness (QED) is 0.794. The number of carbonyl (C=O) groups excluding carboxylic acids is 1. The van der Waals surface area contributed by atoms with Crippen molar-refractivity contribution in [2.24, 2.45) is 0 Å². The van der Waals surface area contributed by atoms with Gasteiger partial charge in [-0.25, -0.2) is 0 Å². The Balaban J connectivity index is 0.00000180. The van der Waals surface area contributed by atoms with Crippen LogP contribution in [-0.2, 0) is 4.79 Å². The number of β-amino-alcohol motifs (C(OH)–C–C–N with tert-alkyl or cyclic N) is 1. The van der Waals surface area contributed by atoms with Crippen LogP contribution in [0.4, 0.5) is 5.69 Å². The number of aliphatic hydroxyl groups excluding tert-OH is 1. The van der Waals surface area contributed by atoms with Gasteiger partial charge < -0.3 is 15.7 Å². The average molecular weight is 285 g/mol. The highest BCUT2D eigenvalue weighted by Crippen LogP contribution is 2.17. The minimum Gasteiger partial charge on any atom is -0.392 e. The maximum absolute atomic E-state index is 11.9. The van der Waals surface area contributed by atoms with Crippen molar-refractivity contribution in [3.63, 3.8) is 0 Å². The monoisotopic (exact) mass is 284 g/mol. The fourth-order valence-corrected chi connectivity index (χ4v) is 2.10. The number of anilines is 1. The molecule has 4 nitrogen and oxygen atoms in total. The lowest BCUT2D eigenvalue weighted by atomic mass is 10.0. The molecule has 1 aromatic rings. The molecule has 5 heteroatoms. The van der Waals surface area contributed by atoms with Gasteiger partial charge >= 0.3 is 0 Å². The molecule has 3 N–H and O–H groups in total. The lowest BCUT2D eigenvalue weighted by molar-refractivity contribution is -0.117. The third-order valence-corrected chi connectivity index (χ3v) is 3.27. The fourth-order valence-electron chi connectivity index (χ4n) is 2.10. The van der Waals surface area contributed by atoms with Gasteiger partial charge in [-0.15, -0.1) is 12.4 Å². The Kier molecular flexibility index (Phi) is 5.79. The molecule has 1 aliphatic rings. The number of benzene rings is 1. The molecule has 19 heavy (non-hydrogen) atoms. The Labute approximate surface area is 120 Å². The predicted octanol–water partition coefficient (Wildman–Crippen LogP) is 1.89. The van der Waals surface area contributed by atoms with E-state index in [-0.39, 0.29) is 24.4 Å².